The second-order valence-electron chi connectivity index (χ2n) is 7.63. The van der Waals surface area contributed by atoms with Crippen LogP contribution in [0, 0.1) is 5.82 Å². The molecule has 2 aliphatic rings. The lowest BCUT2D eigenvalue weighted by atomic mass is 9.84. The topological polar surface area (TPSA) is 49.4 Å². The number of fused-ring (bicyclic) bond motifs is 3. The predicted molar refractivity (Wildman–Crippen MR) is 104 cm³/mol. The summed E-state index contributed by atoms with van der Waals surface area (Å²) in [6.07, 6.45) is 0.822. The van der Waals surface area contributed by atoms with Crippen molar-refractivity contribution in [1.82, 2.24) is 5.32 Å². The zero-order valence-corrected chi connectivity index (χ0v) is 16.1. The third-order valence-corrected chi connectivity index (χ3v) is 6.80. The van der Waals surface area contributed by atoms with E-state index in [1.807, 2.05) is 38.1 Å². The maximum absolute atomic E-state index is 14.2. The Balaban J connectivity index is 1.57. The summed E-state index contributed by atoms with van der Waals surface area (Å²) >= 11 is 1.43. The molecule has 1 saturated heterocycles. The standard InChI is InChI=1S/C21H21FN2O2S/c1-20(2,14-7-3-4-8-15(14)22)13-23-19(26)21-12-11-18(25)24(21)16-9-5-6-10-17(16)27-21/h3-10H,11-13H2,1-2H3,(H,23,26). The third-order valence-electron chi connectivity index (χ3n) is 5.32. The van der Waals surface area contributed by atoms with Crippen LogP contribution in [0.25, 0.3) is 0 Å². The molecule has 1 atom stereocenters. The van der Waals surface area contributed by atoms with Gasteiger partial charge < -0.3 is 5.32 Å². The fraction of sp³-hybridized carbons (Fsp3) is 0.333. The molecule has 0 aromatic heterocycles. The molecule has 0 spiro atoms. The lowest BCUT2D eigenvalue weighted by Gasteiger charge is -2.32. The van der Waals surface area contributed by atoms with Gasteiger partial charge in [-0.3, -0.25) is 14.5 Å². The molecule has 0 radical (unpaired) electrons. The van der Waals surface area contributed by atoms with Crippen LogP contribution in [0.15, 0.2) is 53.4 Å². The molecule has 0 saturated carbocycles. The van der Waals surface area contributed by atoms with Crippen molar-refractivity contribution < 1.29 is 14.0 Å². The van der Waals surface area contributed by atoms with E-state index in [-0.39, 0.29) is 24.2 Å². The fourth-order valence-corrected chi connectivity index (χ4v) is 5.28. The van der Waals surface area contributed by atoms with Crippen molar-refractivity contribution in [3.8, 4) is 0 Å². The van der Waals surface area contributed by atoms with E-state index < -0.39 is 10.3 Å². The van der Waals surface area contributed by atoms with Gasteiger partial charge in [-0.15, -0.1) is 0 Å². The van der Waals surface area contributed by atoms with Crippen LogP contribution < -0.4 is 10.2 Å². The molecule has 0 bridgehead atoms. The van der Waals surface area contributed by atoms with E-state index in [0.29, 0.717) is 18.4 Å². The average Bonchev–Trinajstić information content (AvgIpc) is 3.16. The molecule has 2 aliphatic heterocycles. The first kappa shape index (κ1) is 18.0. The number of para-hydroxylation sites is 1. The van der Waals surface area contributed by atoms with Crippen molar-refractivity contribution in [1.29, 1.82) is 0 Å². The zero-order chi connectivity index (χ0) is 19.2. The Morgan fingerprint density at radius 3 is 2.70 bits per heavy atom. The molecule has 140 valence electrons. The van der Waals surface area contributed by atoms with E-state index in [0.717, 1.165) is 10.6 Å². The molecule has 2 aromatic rings. The number of amides is 2. The van der Waals surface area contributed by atoms with Gasteiger partial charge in [-0.05, 0) is 30.2 Å². The summed E-state index contributed by atoms with van der Waals surface area (Å²) in [4.78, 5) is 27.3. The van der Waals surface area contributed by atoms with E-state index in [4.69, 9.17) is 0 Å². The first-order chi connectivity index (χ1) is 12.8. The van der Waals surface area contributed by atoms with Gasteiger partial charge >= 0.3 is 0 Å². The molecule has 1 N–H and O–H groups in total. The highest BCUT2D eigenvalue weighted by Gasteiger charge is 2.57. The number of anilines is 1. The van der Waals surface area contributed by atoms with E-state index in [1.54, 1.807) is 23.1 Å². The Labute approximate surface area is 162 Å². The van der Waals surface area contributed by atoms with Crippen LogP contribution in [0.1, 0.15) is 32.3 Å². The SMILES string of the molecule is CC(C)(CNC(=O)C12CCC(=O)N1c1ccccc1S2)c1ccccc1F. The van der Waals surface area contributed by atoms with Crippen LogP contribution >= 0.6 is 11.8 Å². The van der Waals surface area contributed by atoms with Crippen molar-refractivity contribution in [2.24, 2.45) is 0 Å². The highest BCUT2D eigenvalue weighted by Crippen LogP contribution is 2.55. The van der Waals surface area contributed by atoms with Crippen LogP contribution in [0.5, 0.6) is 0 Å². The molecule has 27 heavy (non-hydrogen) atoms. The van der Waals surface area contributed by atoms with Crippen molar-refractivity contribution >= 4 is 29.3 Å². The number of thioether (sulfide) groups is 1. The van der Waals surface area contributed by atoms with Gasteiger partial charge in [0.05, 0.1) is 5.69 Å². The fourth-order valence-electron chi connectivity index (χ4n) is 3.84. The summed E-state index contributed by atoms with van der Waals surface area (Å²) < 4.78 is 14.2. The zero-order valence-electron chi connectivity index (χ0n) is 15.3. The maximum atomic E-state index is 14.2. The first-order valence-electron chi connectivity index (χ1n) is 9.00. The molecule has 2 heterocycles. The first-order valence-corrected chi connectivity index (χ1v) is 9.81. The highest BCUT2D eigenvalue weighted by molar-refractivity contribution is 8.02. The van der Waals surface area contributed by atoms with E-state index in [1.165, 1.54) is 17.8 Å². The summed E-state index contributed by atoms with van der Waals surface area (Å²) in [5.41, 5.74) is 0.791. The Morgan fingerprint density at radius 1 is 1.22 bits per heavy atom. The van der Waals surface area contributed by atoms with Crippen molar-refractivity contribution in [2.45, 2.75) is 41.9 Å². The molecule has 6 heteroatoms. The monoisotopic (exact) mass is 384 g/mol. The largest absolute Gasteiger partial charge is 0.352 e. The molecule has 1 unspecified atom stereocenters. The van der Waals surface area contributed by atoms with Crippen LogP contribution in [-0.4, -0.2) is 23.2 Å². The highest BCUT2D eigenvalue weighted by atomic mass is 32.2. The van der Waals surface area contributed by atoms with Gasteiger partial charge in [-0.25, -0.2) is 4.39 Å². The van der Waals surface area contributed by atoms with Gasteiger partial charge in [0.2, 0.25) is 5.91 Å². The third kappa shape index (κ3) is 2.83. The van der Waals surface area contributed by atoms with Crippen molar-refractivity contribution in [3.05, 3.63) is 59.9 Å². The Kier molecular flexibility index (Phi) is 4.26. The second kappa shape index (κ2) is 6.37. The number of rotatable bonds is 4. The normalized spacial score (nSPS) is 21.1. The van der Waals surface area contributed by atoms with E-state index in [2.05, 4.69) is 5.32 Å². The number of carbonyl (C=O) groups excluding carboxylic acids is 2. The minimum atomic E-state index is -0.938. The number of nitrogens with one attached hydrogen (secondary N) is 1. The van der Waals surface area contributed by atoms with Gasteiger partial charge in [-0.1, -0.05) is 55.9 Å². The number of benzene rings is 2. The van der Waals surface area contributed by atoms with E-state index >= 15 is 0 Å². The van der Waals surface area contributed by atoms with Gasteiger partial charge in [0, 0.05) is 23.3 Å². The molecule has 0 aliphatic carbocycles. The quantitative estimate of drug-likeness (QED) is 0.871. The lowest BCUT2D eigenvalue weighted by Crippen LogP contribution is -2.54. The van der Waals surface area contributed by atoms with Crippen LogP contribution in [0.2, 0.25) is 0 Å². The van der Waals surface area contributed by atoms with Gasteiger partial charge in [0.25, 0.3) is 5.91 Å². The smallest absolute Gasteiger partial charge is 0.257 e. The summed E-state index contributed by atoms with van der Waals surface area (Å²) in [6.45, 7) is 4.09. The van der Waals surface area contributed by atoms with Crippen LogP contribution in [0.3, 0.4) is 0 Å². The number of halogens is 1. The molecule has 2 aromatic carbocycles. The van der Waals surface area contributed by atoms with Crippen LogP contribution in [-0.2, 0) is 15.0 Å². The minimum Gasteiger partial charge on any atom is -0.352 e. The molecular formula is C21H21FN2O2S. The molecule has 4 rings (SSSR count). The van der Waals surface area contributed by atoms with E-state index in [9.17, 15) is 14.0 Å². The minimum absolute atomic E-state index is 0.0315. The molecule has 4 nitrogen and oxygen atoms in total. The Morgan fingerprint density at radius 2 is 1.93 bits per heavy atom. The van der Waals surface area contributed by atoms with Crippen LogP contribution in [0.4, 0.5) is 10.1 Å². The van der Waals surface area contributed by atoms with Crippen molar-refractivity contribution in [3.63, 3.8) is 0 Å². The molecule has 1 fully saturated rings. The number of nitrogens with zero attached hydrogens (tertiary/aromatic N) is 1. The van der Waals surface area contributed by atoms with Crippen molar-refractivity contribution in [2.75, 3.05) is 11.4 Å². The summed E-state index contributed by atoms with van der Waals surface area (Å²) in [6, 6.07) is 14.2. The Bertz CT molecular complexity index is 930. The van der Waals surface area contributed by atoms with Gasteiger partial charge in [0.1, 0.15) is 5.82 Å². The summed E-state index contributed by atoms with van der Waals surface area (Å²) in [5.74, 6) is -0.509. The number of hydrogen-bond acceptors (Lipinski definition) is 3. The second-order valence-corrected chi connectivity index (χ2v) is 8.95. The maximum Gasteiger partial charge on any atom is 0.257 e. The number of carbonyl (C=O) groups is 2. The Hall–Kier alpha value is -2.34. The lowest BCUT2D eigenvalue weighted by molar-refractivity contribution is -0.125. The average molecular weight is 384 g/mol. The predicted octanol–water partition coefficient (Wildman–Crippen LogP) is 3.85. The number of hydrogen-bond donors (Lipinski definition) is 1. The summed E-state index contributed by atoms with van der Waals surface area (Å²) in [5, 5.41) is 2.99. The molecule has 2 amide bonds. The van der Waals surface area contributed by atoms with Gasteiger partial charge in [-0.2, -0.15) is 0 Å². The van der Waals surface area contributed by atoms with Gasteiger partial charge in [0.15, 0.2) is 4.87 Å². The summed E-state index contributed by atoms with van der Waals surface area (Å²) in [7, 11) is 0. The molecular weight excluding hydrogens is 363 g/mol.